The van der Waals surface area contributed by atoms with Gasteiger partial charge in [0.15, 0.2) is 0 Å². The van der Waals surface area contributed by atoms with Crippen molar-refractivity contribution in [1.29, 1.82) is 0 Å². The van der Waals surface area contributed by atoms with Crippen LogP contribution in [0.2, 0.25) is 0 Å². The van der Waals surface area contributed by atoms with E-state index in [1.54, 1.807) is 0 Å². The summed E-state index contributed by atoms with van der Waals surface area (Å²) in [6.45, 7) is 7.68. The lowest BCUT2D eigenvalue weighted by Gasteiger charge is -2.00. The molecular formula is C10H16. The van der Waals surface area contributed by atoms with Crippen molar-refractivity contribution in [3.63, 3.8) is 0 Å². The Balaban J connectivity index is 0.000000371. The third kappa shape index (κ3) is 3.29. The fourth-order valence-corrected chi connectivity index (χ4v) is 0.791. The largest absolute Gasteiger partial charge is 0.0988 e. The molecule has 1 rings (SSSR count). The molecule has 0 radical (unpaired) electrons. The van der Waals surface area contributed by atoms with Gasteiger partial charge in [0.05, 0.1) is 0 Å². The maximum atomic E-state index is 3.68. The van der Waals surface area contributed by atoms with Crippen LogP contribution in [0, 0.1) is 0 Å². The van der Waals surface area contributed by atoms with E-state index in [1.165, 1.54) is 18.4 Å². The third-order valence-corrected chi connectivity index (χ3v) is 1.31. The molecule has 0 aromatic heterocycles. The summed E-state index contributed by atoms with van der Waals surface area (Å²) in [5.74, 6) is 0. The van der Waals surface area contributed by atoms with E-state index >= 15 is 0 Å². The average molecular weight is 136 g/mol. The zero-order chi connectivity index (χ0) is 7.82. The molecule has 0 aromatic carbocycles. The Hall–Kier alpha value is -0.780. The minimum atomic E-state index is 1.17. The summed E-state index contributed by atoms with van der Waals surface area (Å²) in [6, 6.07) is 0. The molecule has 0 N–H and O–H groups in total. The molecule has 0 fully saturated rings. The summed E-state index contributed by atoms with van der Waals surface area (Å²) in [5, 5.41) is 0. The number of hydrogen-bond donors (Lipinski definition) is 0. The van der Waals surface area contributed by atoms with Crippen LogP contribution in [0.3, 0.4) is 0 Å². The number of allylic oxidation sites excluding steroid dienone is 5. The predicted octanol–water partition coefficient (Wildman–Crippen LogP) is 3.48. The SMILES string of the molecule is C=CC1=CC=CCC1.CC. The van der Waals surface area contributed by atoms with Crippen LogP contribution in [0.15, 0.2) is 36.5 Å². The highest BCUT2D eigenvalue weighted by atomic mass is 14.0. The Morgan fingerprint density at radius 1 is 1.50 bits per heavy atom. The fourth-order valence-electron chi connectivity index (χ4n) is 0.791. The van der Waals surface area contributed by atoms with Gasteiger partial charge < -0.3 is 0 Å². The molecular weight excluding hydrogens is 120 g/mol. The first kappa shape index (κ1) is 9.22. The predicted molar refractivity (Wildman–Crippen MR) is 48.0 cm³/mol. The Bertz CT molecular complexity index is 138. The van der Waals surface area contributed by atoms with Gasteiger partial charge in [-0.2, -0.15) is 0 Å². The standard InChI is InChI=1S/C8H10.C2H6/c1-2-8-6-4-3-5-7-8;1-2/h2-4,6H,1,5,7H2;1-2H3. The first-order valence-corrected chi connectivity index (χ1v) is 3.91. The van der Waals surface area contributed by atoms with Crippen LogP contribution in [0.5, 0.6) is 0 Å². The van der Waals surface area contributed by atoms with Crippen LogP contribution in [0.1, 0.15) is 26.7 Å². The van der Waals surface area contributed by atoms with Gasteiger partial charge in [0.25, 0.3) is 0 Å². The lowest BCUT2D eigenvalue weighted by molar-refractivity contribution is 0.992. The molecule has 0 nitrogen and oxygen atoms in total. The number of hydrogen-bond acceptors (Lipinski definition) is 0. The lowest BCUT2D eigenvalue weighted by Crippen LogP contribution is -1.80. The van der Waals surface area contributed by atoms with Crippen molar-refractivity contribution < 1.29 is 0 Å². The molecule has 56 valence electrons. The highest BCUT2D eigenvalue weighted by molar-refractivity contribution is 5.25. The minimum absolute atomic E-state index is 1.17. The zero-order valence-electron chi connectivity index (χ0n) is 6.93. The monoisotopic (exact) mass is 136 g/mol. The first-order chi connectivity index (χ1) is 4.93. The molecule has 0 bridgehead atoms. The Morgan fingerprint density at radius 2 is 2.20 bits per heavy atom. The molecule has 0 spiro atoms. The summed E-state index contributed by atoms with van der Waals surface area (Å²) < 4.78 is 0. The molecule has 0 saturated heterocycles. The summed E-state index contributed by atoms with van der Waals surface area (Å²) in [6.07, 6.45) is 10.6. The third-order valence-electron chi connectivity index (χ3n) is 1.31. The van der Waals surface area contributed by atoms with Gasteiger partial charge in [-0.3, -0.25) is 0 Å². The molecule has 1 aliphatic carbocycles. The second-order valence-corrected chi connectivity index (χ2v) is 1.91. The van der Waals surface area contributed by atoms with E-state index in [9.17, 15) is 0 Å². The van der Waals surface area contributed by atoms with Crippen LogP contribution in [0.25, 0.3) is 0 Å². The molecule has 0 heteroatoms. The normalized spacial score (nSPS) is 14.8. The van der Waals surface area contributed by atoms with Crippen LogP contribution < -0.4 is 0 Å². The van der Waals surface area contributed by atoms with E-state index in [1.807, 2.05) is 19.9 Å². The molecule has 0 amide bonds. The molecule has 0 aromatic rings. The van der Waals surface area contributed by atoms with Gasteiger partial charge in [0.1, 0.15) is 0 Å². The topological polar surface area (TPSA) is 0 Å². The van der Waals surface area contributed by atoms with Crippen LogP contribution in [0.4, 0.5) is 0 Å². The Kier molecular flexibility index (Phi) is 5.85. The second-order valence-electron chi connectivity index (χ2n) is 1.91. The van der Waals surface area contributed by atoms with E-state index < -0.39 is 0 Å². The van der Waals surface area contributed by atoms with Crippen molar-refractivity contribution in [3.8, 4) is 0 Å². The van der Waals surface area contributed by atoms with Gasteiger partial charge in [-0.15, -0.1) is 0 Å². The van der Waals surface area contributed by atoms with E-state index in [4.69, 9.17) is 0 Å². The van der Waals surface area contributed by atoms with Gasteiger partial charge in [0.2, 0.25) is 0 Å². The molecule has 10 heavy (non-hydrogen) atoms. The van der Waals surface area contributed by atoms with Gasteiger partial charge in [0, 0.05) is 0 Å². The first-order valence-electron chi connectivity index (χ1n) is 3.91. The highest BCUT2D eigenvalue weighted by Gasteiger charge is 1.91. The van der Waals surface area contributed by atoms with E-state index in [2.05, 4.69) is 24.8 Å². The lowest BCUT2D eigenvalue weighted by atomic mass is 10.1. The van der Waals surface area contributed by atoms with Gasteiger partial charge in [-0.05, 0) is 18.4 Å². The zero-order valence-corrected chi connectivity index (χ0v) is 6.93. The summed E-state index contributed by atoms with van der Waals surface area (Å²) >= 11 is 0. The van der Waals surface area contributed by atoms with Gasteiger partial charge in [-0.25, -0.2) is 0 Å². The molecule has 0 unspecified atom stereocenters. The van der Waals surface area contributed by atoms with E-state index in [-0.39, 0.29) is 0 Å². The second kappa shape index (κ2) is 6.34. The van der Waals surface area contributed by atoms with E-state index in [0.717, 1.165) is 0 Å². The van der Waals surface area contributed by atoms with Crippen LogP contribution >= 0.6 is 0 Å². The maximum absolute atomic E-state index is 3.68. The average Bonchev–Trinajstić information content (AvgIpc) is 2.10. The highest BCUT2D eigenvalue weighted by Crippen LogP contribution is 2.11. The number of rotatable bonds is 1. The summed E-state index contributed by atoms with van der Waals surface area (Å²) in [5.41, 5.74) is 1.35. The Labute approximate surface area is 64.0 Å². The molecule has 0 atom stereocenters. The fraction of sp³-hybridized carbons (Fsp3) is 0.400. The van der Waals surface area contributed by atoms with Gasteiger partial charge >= 0.3 is 0 Å². The summed E-state index contributed by atoms with van der Waals surface area (Å²) in [7, 11) is 0. The van der Waals surface area contributed by atoms with Crippen molar-refractivity contribution in [2.45, 2.75) is 26.7 Å². The summed E-state index contributed by atoms with van der Waals surface area (Å²) in [4.78, 5) is 0. The minimum Gasteiger partial charge on any atom is -0.0988 e. The maximum Gasteiger partial charge on any atom is -0.0244 e. The van der Waals surface area contributed by atoms with Crippen molar-refractivity contribution >= 4 is 0 Å². The van der Waals surface area contributed by atoms with Crippen molar-refractivity contribution in [2.24, 2.45) is 0 Å². The van der Waals surface area contributed by atoms with Gasteiger partial charge in [-0.1, -0.05) is 44.7 Å². The van der Waals surface area contributed by atoms with Crippen LogP contribution in [-0.4, -0.2) is 0 Å². The van der Waals surface area contributed by atoms with Crippen LogP contribution in [-0.2, 0) is 0 Å². The quantitative estimate of drug-likeness (QED) is 0.517. The molecule has 0 heterocycles. The van der Waals surface area contributed by atoms with Crippen molar-refractivity contribution in [1.82, 2.24) is 0 Å². The molecule has 1 aliphatic rings. The molecule has 0 aliphatic heterocycles. The molecule has 0 saturated carbocycles. The van der Waals surface area contributed by atoms with Crippen molar-refractivity contribution in [3.05, 3.63) is 36.5 Å². The van der Waals surface area contributed by atoms with E-state index in [0.29, 0.717) is 0 Å². The van der Waals surface area contributed by atoms with Crippen molar-refractivity contribution in [2.75, 3.05) is 0 Å². The Morgan fingerprint density at radius 3 is 2.50 bits per heavy atom. The smallest absolute Gasteiger partial charge is 0.0244 e.